The normalized spacial score (nSPS) is 11.6. The zero-order valence-corrected chi connectivity index (χ0v) is 14.9. The number of aliphatic hydroxyl groups excluding tert-OH is 1. The van der Waals surface area contributed by atoms with E-state index < -0.39 is 11.8 Å². The molecule has 0 aliphatic carbocycles. The molecule has 7 nitrogen and oxygen atoms in total. The van der Waals surface area contributed by atoms with Gasteiger partial charge in [-0.15, -0.1) is 0 Å². The standard InChI is InChI=1S/C20H21N3O4/c1-2-23-13-14(15-6-3-4-7-17(15)23)12-16(19(25)21-9-10-24)22-20(26)18-8-5-11-27-18/h3-8,11-13,24H,2,9-10H2,1H3,(H,21,25)(H,22,26). The van der Waals surface area contributed by atoms with Crippen molar-refractivity contribution in [2.75, 3.05) is 13.2 Å². The number of furan rings is 1. The first-order valence-electron chi connectivity index (χ1n) is 8.67. The molecule has 0 saturated heterocycles. The van der Waals surface area contributed by atoms with Crippen molar-refractivity contribution in [1.29, 1.82) is 0 Å². The molecule has 0 fully saturated rings. The van der Waals surface area contributed by atoms with Crippen molar-refractivity contribution in [3.05, 3.63) is 65.9 Å². The van der Waals surface area contributed by atoms with Gasteiger partial charge >= 0.3 is 0 Å². The zero-order valence-electron chi connectivity index (χ0n) is 14.9. The lowest BCUT2D eigenvalue weighted by molar-refractivity contribution is -0.117. The number of aryl methyl sites for hydroxylation is 1. The quantitative estimate of drug-likeness (QED) is 0.558. The molecule has 3 aromatic rings. The third-order valence-electron chi connectivity index (χ3n) is 4.10. The number of amides is 2. The molecule has 2 heterocycles. The summed E-state index contributed by atoms with van der Waals surface area (Å²) < 4.78 is 7.15. The number of para-hydroxylation sites is 1. The number of rotatable bonds is 7. The van der Waals surface area contributed by atoms with E-state index in [0.29, 0.717) is 0 Å². The highest BCUT2D eigenvalue weighted by Gasteiger charge is 2.17. The number of nitrogens with zero attached hydrogens (tertiary/aromatic N) is 1. The van der Waals surface area contributed by atoms with Crippen molar-refractivity contribution in [3.8, 4) is 0 Å². The zero-order chi connectivity index (χ0) is 19.2. The second-order valence-corrected chi connectivity index (χ2v) is 5.86. The van der Waals surface area contributed by atoms with Gasteiger partial charge in [-0.3, -0.25) is 9.59 Å². The summed E-state index contributed by atoms with van der Waals surface area (Å²) in [6, 6.07) is 11.0. The van der Waals surface area contributed by atoms with Crippen molar-refractivity contribution in [2.45, 2.75) is 13.5 Å². The number of carbonyl (C=O) groups is 2. The van der Waals surface area contributed by atoms with Gasteiger partial charge in [-0.2, -0.15) is 0 Å². The molecule has 0 unspecified atom stereocenters. The van der Waals surface area contributed by atoms with Crippen molar-refractivity contribution in [2.24, 2.45) is 0 Å². The number of carbonyl (C=O) groups excluding carboxylic acids is 2. The van der Waals surface area contributed by atoms with Crippen LogP contribution in [-0.4, -0.2) is 34.6 Å². The molecule has 140 valence electrons. The Kier molecular flexibility index (Phi) is 5.73. The molecule has 0 atom stereocenters. The fourth-order valence-corrected chi connectivity index (χ4v) is 2.82. The molecule has 0 radical (unpaired) electrons. The van der Waals surface area contributed by atoms with E-state index in [1.165, 1.54) is 12.3 Å². The number of fused-ring (bicyclic) bond motifs is 1. The second kappa shape index (κ2) is 8.37. The van der Waals surface area contributed by atoms with E-state index in [-0.39, 0.29) is 24.6 Å². The number of hydrogen-bond donors (Lipinski definition) is 3. The Hall–Kier alpha value is -3.32. The van der Waals surface area contributed by atoms with Gasteiger partial charge in [0.1, 0.15) is 5.70 Å². The number of nitrogens with one attached hydrogen (secondary N) is 2. The average Bonchev–Trinajstić information content (AvgIpc) is 3.34. The molecule has 2 amide bonds. The minimum atomic E-state index is -0.523. The van der Waals surface area contributed by atoms with E-state index in [1.807, 2.05) is 37.4 Å². The fraction of sp³-hybridized carbons (Fsp3) is 0.200. The van der Waals surface area contributed by atoms with E-state index in [2.05, 4.69) is 15.2 Å². The predicted molar refractivity (Wildman–Crippen MR) is 102 cm³/mol. The second-order valence-electron chi connectivity index (χ2n) is 5.86. The maximum absolute atomic E-state index is 12.5. The first-order chi connectivity index (χ1) is 13.1. The summed E-state index contributed by atoms with van der Waals surface area (Å²) >= 11 is 0. The molecule has 1 aromatic carbocycles. The molecule has 0 aliphatic heterocycles. The number of aromatic nitrogens is 1. The van der Waals surface area contributed by atoms with Crippen LogP contribution in [0.2, 0.25) is 0 Å². The molecule has 3 N–H and O–H groups in total. The minimum absolute atomic E-state index is 0.0730. The smallest absolute Gasteiger partial charge is 0.291 e. The first kappa shape index (κ1) is 18.5. The summed E-state index contributed by atoms with van der Waals surface area (Å²) in [6.45, 7) is 2.70. The Balaban J connectivity index is 1.99. The highest BCUT2D eigenvalue weighted by atomic mass is 16.3. The summed E-state index contributed by atoms with van der Waals surface area (Å²) in [5, 5.41) is 15.1. The topological polar surface area (TPSA) is 96.5 Å². The summed E-state index contributed by atoms with van der Waals surface area (Å²) in [6.07, 6.45) is 4.95. The summed E-state index contributed by atoms with van der Waals surface area (Å²) in [7, 11) is 0. The maximum Gasteiger partial charge on any atom is 0.291 e. The van der Waals surface area contributed by atoms with Gasteiger partial charge in [-0.25, -0.2) is 0 Å². The van der Waals surface area contributed by atoms with Gasteiger partial charge in [0, 0.05) is 35.8 Å². The third-order valence-corrected chi connectivity index (χ3v) is 4.10. The van der Waals surface area contributed by atoms with Gasteiger partial charge in [0.2, 0.25) is 0 Å². The number of aliphatic hydroxyl groups is 1. The largest absolute Gasteiger partial charge is 0.459 e. The Morgan fingerprint density at radius 2 is 2.04 bits per heavy atom. The Morgan fingerprint density at radius 1 is 1.22 bits per heavy atom. The monoisotopic (exact) mass is 367 g/mol. The lowest BCUT2D eigenvalue weighted by Crippen LogP contribution is -2.36. The fourth-order valence-electron chi connectivity index (χ4n) is 2.82. The van der Waals surface area contributed by atoms with Crippen LogP contribution in [-0.2, 0) is 11.3 Å². The molecule has 0 bridgehead atoms. The van der Waals surface area contributed by atoms with Gasteiger partial charge in [-0.1, -0.05) is 18.2 Å². The van der Waals surface area contributed by atoms with Crippen LogP contribution in [0, 0.1) is 0 Å². The van der Waals surface area contributed by atoms with Gasteiger partial charge < -0.3 is 24.7 Å². The van der Waals surface area contributed by atoms with E-state index in [1.54, 1.807) is 12.1 Å². The highest BCUT2D eigenvalue weighted by molar-refractivity contribution is 6.05. The van der Waals surface area contributed by atoms with Crippen LogP contribution < -0.4 is 10.6 Å². The summed E-state index contributed by atoms with van der Waals surface area (Å²) in [5.41, 5.74) is 1.92. The van der Waals surface area contributed by atoms with Crippen molar-refractivity contribution in [3.63, 3.8) is 0 Å². The van der Waals surface area contributed by atoms with Gasteiger partial charge in [0.15, 0.2) is 5.76 Å². The molecular formula is C20H21N3O4. The molecule has 3 rings (SSSR count). The molecule has 0 spiro atoms. The van der Waals surface area contributed by atoms with Crippen LogP contribution in [0.15, 0.2) is 59.0 Å². The van der Waals surface area contributed by atoms with Gasteiger partial charge in [-0.05, 0) is 31.2 Å². The Morgan fingerprint density at radius 3 is 2.74 bits per heavy atom. The lowest BCUT2D eigenvalue weighted by Gasteiger charge is -2.09. The van der Waals surface area contributed by atoms with Crippen LogP contribution in [0.1, 0.15) is 23.0 Å². The van der Waals surface area contributed by atoms with Crippen LogP contribution in [0.4, 0.5) is 0 Å². The van der Waals surface area contributed by atoms with Crippen molar-refractivity contribution in [1.82, 2.24) is 15.2 Å². The Bertz CT molecular complexity index is 970. The minimum Gasteiger partial charge on any atom is -0.459 e. The maximum atomic E-state index is 12.5. The van der Waals surface area contributed by atoms with Crippen LogP contribution >= 0.6 is 0 Å². The molecular weight excluding hydrogens is 346 g/mol. The molecule has 2 aromatic heterocycles. The summed E-state index contributed by atoms with van der Waals surface area (Å²) in [4.78, 5) is 24.8. The summed E-state index contributed by atoms with van der Waals surface area (Å²) in [5.74, 6) is -0.909. The molecule has 0 saturated carbocycles. The molecule has 0 aliphatic rings. The number of hydrogen-bond acceptors (Lipinski definition) is 4. The molecule has 7 heteroatoms. The Labute approximate surface area is 156 Å². The first-order valence-corrected chi connectivity index (χ1v) is 8.67. The van der Waals surface area contributed by atoms with E-state index in [9.17, 15) is 9.59 Å². The van der Waals surface area contributed by atoms with Gasteiger partial charge in [0.25, 0.3) is 11.8 Å². The van der Waals surface area contributed by atoms with E-state index in [4.69, 9.17) is 9.52 Å². The third kappa shape index (κ3) is 4.09. The SMILES string of the molecule is CCn1cc(C=C(NC(=O)c2ccco2)C(=O)NCCO)c2ccccc21. The molecule has 27 heavy (non-hydrogen) atoms. The average molecular weight is 367 g/mol. The van der Waals surface area contributed by atoms with Crippen LogP contribution in [0.5, 0.6) is 0 Å². The lowest BCUT2D eigenvalue weighted by atomic mass is 10.1. The van der Waals surface area contributed by atoms with Crippen LogP contribution in [0.3, 0.4) is 0 Å². The van der Waals surface area contributed by atoms with Crippen molar-refractivity contribution < 1.29 is 19.1 Å². The van der Waals surface area contributed by atoms with Crippen molar-refractivity contribution >= 4 is 28.8 Å². The number of benzene rings is 1. The predicted octanol–water partition coefficient (Wildman–Crippen LogP) is 2.13. The van der Waals surface area contributed by atoms with E-state index >= 15 is 0 Å². The van der Waals surface area contributed by atoms with Gasteiger partial charge in [0.05, 0.1) is 12.9 Å². The van der Waals surface area contributed by atoms with E-state index in [0.717, 1.165) is 23.0 Å². The van der Waals surface area contributed by atoms with Crippen LogP contribution in [0.25, 0.3) is 17.0 Å². The highest BCUT2D eigenvalue weighted by Crippen LogP contribution is 2.23.